The van der Waals surface area contributed by atoms with E-state index in [1.54, 1.807) is 30.1 Å². The molecule has 1 aliphatic rings. The molecule has 0 radical (unpaired) electrons. The fourth-order valence-corrected chi connectivity index (χ4v) is 1.69. The third-order valence-corrected chi connectivity index (χ3v) is 2.57. The predicted octanol–water partition coefficient (Wildman–Crippen LogP) is 0.872. The summed E-state index contributed by atoms with van der Waals surface area (Å²) in [6.07, 6.45) is 0. The van der Waals surface area contributed by atoms with E-state index in [1.165, 1.54) is 6.07 Å². The zero-order valence-corrected chi connectivity index (χ0v) is 8.80. The number of aromatic carboxylic acids is 1. The van der Waals surface area contributed by atoms with Gasteiger partial charge < -0.3 is 5.11 Å². The number of nitrogens with one attached hydrogen (secondary N) is 1. The number of carbonyl (C=O) groups is 2. The number of para-hydroxylation sites is 1. The highest BCUT2D eigenvalue weighted by atomic mass is 16.4. The summed E-state index contributed by atoms with van der Waals surface area (Å²) in [6, 6.07) is 6.61. The standard InChI is InChI=1S/C11H12N2O3/c1-7-6-13(12-10(7)14)9-5-3-2-4-8(9)11(15)16/h2-5,7H,6H2,1H3,(H,12,14)(H,15,16). The lowest BCUT2D eigenvalue weighted by atomic mass is 10.1. The highest BCUT2D eigenvalue weighted by molar-refractivity contribution is 5.95. The monoisotopic (exact) mass is 220 g/mol. The van der Waals surface area contributed by atoms with Crippen LogP contribution in [-0.2, 0) is 4.79 Å². The van der Waals surface area contributed by atoms with E-state index in [0.29, 0.717) is 12.2 Å². The van der Waals surface area contributed by atoms with Gasteiger partial charge in [-0.2, -0.15) is 0 Å². The van der Waals surface area contributed by atoms with E-state index in [0.717, 1.165) is 0 Å². The molecule has 1 aromatic rings. The number of hydrogen-bond donors (Lipinski definition) is 2. The summed E-state index contributed by atoms with van der Waals surface area (Å²) in [5, 5.41) is 10.6. The van der Waals surface area contributed by atoms with Crippen LogP contribution in [0.4, 0.5) is 5.69 Å². The van der Waals surface area contributed by atoms with Crippen molar-refractivity contribution >= 4 is 17.6 Å². The average Bonchev–Trinajstić information content (AvgIpc) is 2.59. The lowest BCUT2D eigenvalue weighted by molar-refractivity contribution is -0.121. The summed E-state index contributed by atoms with van der Waals surface area (Å²) in [4.78, 5) is 22.3. The van der Waals surface area contributed by atoms with Gasteiger partial charge in [-0.05, 0) is 12.1 Å². The smallest absolute Gasteiger partial charge is 0.337 e. The van der Waals surface area contributed by atoms with Crippen LogP contribution >= 0.6 is 0 Å². The topological polar surface area (TPSA) is 69.6 Å². The molecular formula is C11H12N2O3. The Kier molecular flexibility index (Phi) is 2.52. The van der Waals surface area contributed by atoms with E-state index < -0.39 is 5.97 Å². The molecule has 1 aromatic carbocycles. The molecule has 84 valence electrons. The highest BCUT2D eigenvalue weighted by Crippen LogP contribution is 2.22. The maximum absolute atomic E-state index is 11.3. The normalized spacial score (nSPS) is 19.7. The van der Waals surface area contributed by atoms with Crippen molar-refractivity contribution in [3.05, 3.63) is 29.8 Å². The molecule has 5 heteroatoms. The van der Waals surface area contributed by atoms with Crippen LogP contribution in [0.2, 0.25) is 0 Å². The largest absolute Gasteiger partial charge is 0.478 e. The molecule has 2 N–H and O–H groups in total. The number of carboxylic acid groups (broad SMARTS) is 1. The molecule has 1 amide bonds. The van der Waals surface area contributed by atoms with Crippen molar-refractivity contribution in [1.82, 2.24) is 5.43 Å². The number of hydrogen-bond acceptors (Lipinski definition) is 3. The van der Waals surface area contributed by atoms with Crippen molar-refractivity contribution in [1.29, 1.82) is 0 Å². The predicted molar refractivity (Wildman–Crippen MR) is 58.1 cm³/mol. The minimum Gasteiger partial charge on any atom is -0.478 e. The third kappa shape index (κ3) is 1.71. The lowest BCUT2D eigenvalue weighted by Gasteiger charge is -2.19. The van der Waals surface area contributed by atoms with Gasteiger partial charge in [0, 0.05) is 0 Å². The molecule has 1 unspecified atom stereocenters. The number of benzene rings is 1. The molecule has 2 rings (SSSR count). The third-order valence-electron chi connectivity index (χ3n) is 2.57. The van der Waals surface area contributed by atoms with Crippen LogP contribution in [0, 0.1) is 5.92 Å². The second-order valence-electron chi connectivity index (χ2n) is 3.81. The van der Waals surface area contributed by atoms with Gasteiger partial charge in [-0.15, -0.1) is 0 Å². The average molecular weight is 220 g/mol. The first-order valence-corrected chi connectivity index (χ1v) is 5.00. The number of carbonyl (C=O) groups excluding carboxylic acids is 1. The van der Waals surface area contributed by atoms with Gasteiger partial charge in [-0.3, -0.25) is 15.2 Å². The van der Waals surface area contributed by atoms with Gasteiger partial charge in [0.05, 0.1) is 23.7 Å². The Bertz CT molecular complexity index is 445. The van der Waals surface area contributed by atoms with Crippen LogP contribution < -0.4 is 10.4 Å². The minimum absolute atomic E-state index is 0.0832. The number of rotatable bonds is 2. The second kappa shape index (κ2) is 3.84. The summed E-state index contributed by atoms with van der Waals surface area (Å²) >= 11 is 0. The molecule has 5 nitrogen and oxygen atoms in total. The van der Waals surface area contributed by atoms with Crippen molar-refractivity contribution in [2.45, 2.75) is 6.92 Å². The summed E-state index contributed by atoms with van der Waals surface area (Å²) < 4.78 is 0. The SMILES string of the molecule is CC1CN(c2ccccc2C(=O)O)NC1=O. The van der Waals surface area contributed by atoms with Crippen LogP contribution in [-0.4, -0.2) is 23.5 Å². The van der Waals surface area contributed by atoms with Crippen LogP contribution in [0.3, 0.4) is 0 Å². The Hall–Kier alpha value is -2.04. The zero-order chi connectivity index (χ0) is 11.7. The molecule has 0 spiro atoms. The number of amides is 1. The molecule has 1 heterocycles. The first kappa shape index (κ1) is 10.5. The van der Waals surface area contributed by atoms with Gasteiger partial charge in [-0.1, -0.05) is 19.1 Å². The summed E-state index contributed by atoms with van der Waals surface area (Å²) in [5.41, 5.74) is 3.36. The van der Waals surface area contributed by atoms with E-state index in [1.807, 2.05) is 0 Å². The zero-order valence-electron chi connectivity index (χ0n) is 8.80. The minimum atomic E-state index is -0.996. The molecular weight excluding hydrogens is 208 g/mol. The molecule has 0 bridgehead atoms. The molecule has 0 saturated carbocycles. The Morgan fingerprint density at radius 1 is 1.50 bits per heavy atom. The van der Waals surface area contributed by atoms with Gasteiger partial charge in [0.1, 0.15) is 0 Å². The number of anilines is 1. The van der Waals surface area contributed by atoms with Crippen LogP contribution in [0.15, 0.2) is 24.3 Å². The fraction of sp³-hybridized carbons (Fsp3) is 0.273. The number of carboxylic acids is 1. The van der Waals surface area contributed by atoms with Gasteiger partial charge >= 0.3 is 5.97 Å². The van der Waals surface area contributed by atoms with E-state index in [9.17, 15) is 9.59 Å². The van der Waals surface area contributed by atoms with Gasteiger partial charge in [0.25, 0.3) is 0 Å². The van der Waals surface area contributed by atoms with Crippen LogP contribution in [0.5, 0.6) is 0 Å². The first-order chi connectivity index (χ1) is 7.59. The molecule has 1 aliphatic heterocycles. The maximum atomic E-state index is 11.3. The van der Waals surface area contributed by atoms with Crippen LogP contribution in [0.25, 0.3) is 0 Å². The maximum Gasteiger partial charge on any atom is 0.337 e. The first-order valence-electron chi connectivity index (χ1n) is 5.00. The van der Waals surface area contributed by atoms with E-state index >= 15 is 0 Å². The second-order valence-corrected chi connectivity index (χ2v) is 3.81. The van der Waals surface area contributed by atoms with Crippen molar-refractivity contribution < 1.29 is 14.7 Å². The Morgan fingerprint density at radius 2 is 2.19 bits per heavy atom. The highest BCUT2D eigenvalue weighted by Gasteiger charge is 2.28. The Balaban J connectivity index is 2.34. The van der Waals surface area contributed by atoms with Gasteiger partial charge in [0.15, 0.2) is 0 Å². The Morgan fingerprint density at radius 3 is 2.75 bits per heavy atom. The van der Waals surface area contributed by atoms with Gasteiger partial charge in [-0.25, -0.2) is 4.79 Å². The lowest BCUT2D eigenvalue weighted by Crippen LogP contribution is -2.34. The fourth-order valence-electron chi connectivity index (χ4n) is 1.69. The van der Waals surface area contributed by atoms with Crippen molar-refractivity contribution in [2.75, 3.05) is 11.6 Å². The molecule has 0 aliphatic carbocycles. The molecule has 16 heavy (non-hydrogen) atoms. The van der Waals surface area contributed by atoms with Crippen molar-refractivity contribution in [2.24, 2.45) is 5.92 Å². The van der Waals surface area contributed by atoms with Gasteiger partial charge in [0.2, 0.25) is 5.91 Å². The molecule has 0 aromatic heterocycles. The van der Waals surface area contributed by atoms with E-state index in [-0.39, 0.29) is 17.4 Å². The molecule has 1 fully saturated rings. The van der Waals surface area contributed by atoms with Crippen molar-refractivity contribution in [3.63, 3.8) is 0 Å². The summed E-state index contributed by atoms with van der Waals surface area (Å²) in [7, 11) is 0. The van der Waals surface area contributed by atoms with E-state index in [2.05, 4.69) is 5.43 Å². The number of hydrazine groups is 1. The van der Waals surface area contributed by atoms with Crippen LogP contribution in [0.1, 0.15) is 17.3 Å². The Labute approximate surface area is 92.6 Å². The molecule has 1 saturated heterocycles. The quantitative estimate of drug-likeness (QED) is 0.776. The van der Waals surface area contributed by atoms with E-state index in [4.69, 9.17) is 5.11 Å². The summed E-state index contributed by atoms with van der Waals surface area (Å²) in [6.45, 7) is 2.29. The molecule has 1 atom stereocenters. The summed E-state index contributed by atoms with van der Waals surface area (Å²) in [5.74, 6) is -1.20. The number of nitrogens with zero attached hydrogens (tertiary/aromatic N) is 1. The van der Waals surface area contributed by atoms with Crippen molar-refractivity contribution in [3.8, 4) is 0 Å².